The number of hydrogen-bond donors (Lipinski definition) is 0. The first kappa shape index (κ1) is 33.0. The van der Waals surface area contributed by atoms with Crippen molar-refractivity contribution in [1.29, 1.82) is 0 Å². The van der Waals surface area contributed by atoms with Crippen LogP contribution in [0.15, 0.2) is 90.6 Å². The molecule has 0 N–H and O–H groups in total. The van der Waals surface area contributed by atoms with Gasteiger partial charge in [-0.2, -0.15) is 27.7 Å². The number of aromatic nitrogens is 9. The number of tetrazole rings is 1. The van der Waals surface area contributed by atoms with Crippen LogP contribution in [0.3, 0.4) is 0 Å². The summed E-state index contributed by atoms with van der Waals surface area (Å²) in [5.41, 5.74) is -0.689. The van der Waals surface area contributed by atoms with E-state index in [0.717, 1.165) is 18.5 Å². The SMILES string of the molecule is CN(C[C@H](c1ccc(-c2c(-n3cnnn3)ccc(Cl)c2F)c[n+]1[O-])n1cc(-c2ccnc(C(F)(F)F)c2)cn1)C(=O)c1ccn(C)c(=O)c1. The minimum Gasteiger partial charge on any atom is -0.618 e. The molecule has 0 aliphatic heterocycles. The van der Waals surface area contributed by atoms with Crippen molar-refractivity contribution in [2.24, 2.45) is 7.05 Å². The average Bonchev–Trinajstić information content (AvgIpc) is 3.79. The van der Waals surface area contributed by atoms with Crippen LogP contribution >= 0.6 is 11.6 Å². The topological polar surface area (TPSA) is 144 Å². The molecule has 6 aromatic rings. The molecule has 0 saturated carbocycles. The Bertz CT molecular complexity index is 2240. The van der Waals surface area contributed by atoms with Crippen LogP contribution in [0.4, 0.5) is 17.6 Å². The van der Waals surface area contributed by atoms with Gasteiger partial charge in [0.15, 0.2) is 18.1 Å². The lowest BCUT2D eigenvalue weighted by molar-refractivity contribution is -0.615. The van der Waals surface area contributed by atoms with Crippen molar-refractivity contribution in [3.05, 3.63) is 129 Å². The molecule has 13 nitrogen and oxygen atoms in total. The molecule has 0 aliphatic carbocycles. The molecule has 1 atom stereocenters. The van der Waals surface area contributed by atoms with Crippen LogP contribution in [0.1, 0.15) is 27.8 Å². The summed E-state index contributed by atoms with van der Waals surface area (Å²) in [6, 6.07) is 9.53. The van der Waals surface area contributed by atoms with Crippen molar-refractivity contribution < 1.29 is 27.1 Å². The normalized spacial score (nSPS) is 12.2. The fourth-order valence-corrected chi connectivity index (χ4v) is 5.31. The van der Waals surface area contributed by atoms with E-state index in [9.17, 15) is 28.0 Å². The third-order valence-corrected chi connectivity index (χ3v) is 7.98. The number of hydrogen-bond acceptors (Lipinski definition) is 8. The third kappa shape index (κ3) is 6.60. The molecule has 1 aromatic carbocycles. The van der Waals surface area contributed by atoms with Crippen LogP contribution in [-0.2, 0) is 13.2 Å². The molecule has 0 spiro atoms. The minimum atomic E-state index is -4.68. The number of benzene rings is 1. The van der Waals surface area contributed by atoms with E-state index in [-0.39, 0.29) is 50.8 Å². The van der Waals surface area contributed by atoms with Crippen LogP contribution in [-0.4, -0.2) is 63.9 Å². The highest BCUT2D eigenvalue weighted by Gasteiger charge is 2.33. The predicted molar refractivity (Wildman–Crippen MR) is 166 cm³/mol. The zero-order chi connectivity index (χ0) is 35.0. The predicted octanol–water partition coefficient (Wildman–Crippen LogP) is 4.09. The maximum absolute atomic E-state index is 15.5. The largest absolute Gasteiger partial charge is 0.618 e. The Balaban J connectivity index is 1.42. The fraction of sp³-hybridized carbons (Fsp3) is 0.161. The zero-order valence-electron chi connectivity index (χ0n) is 25.5. The standard InChI is InChI=1S/C31H23ClF4N10O3/c1-42-10-8-19(12-27(42)47)30(48)43(2)16-25(44-14-21(13-39-44)18-7-9-37-26(11-18)31(34,35)36)23-5-3-20(15-46(23)49)28-24(45-17-38-40-41-45)6-4-22(32)29(28)33/h3-15,17,25H,16H2,1-2H3/t25-/m1/s1. The lowest BCUT2D eigenvalue weighted by Crippen LogP contribution is -2.41. The second kappa shape index (κ2) is 12.9. The molecule has 5 aromatic heterocycles. The Morgan fingerprint density at radius 1 is 1.10 bits per heavy atom. The molecule has 0 saturated heterocycles. The number of carbonyl (C=O) groups is 1. The van der Waals surface area contributed by atoms with E-state index >= 15 is 4.39 Å². The highest BCUT2D eigenvalue weighted by atomic mass is 35.5. The second-order valence-electron chi connectivity index (χ2n) is 10.9. The summed E-state index contributed by atoms with van der Waals surface area (Å²) in [5, 5.41) is 28.8. The average molecular weight is 695 g/mol. The Labute approximate surface area is 278 Å². The molecule has 0 fully saturated rings. The van der Waals surface area contributed by atoms with Crippen molar-refractivity contribution in [1.82, 2.24) is 44.4 Å². The summed E-state index contributed by atoms with van der Waals surface area (Å²) in [7, 11) is 2.99. The lowest BCUT2D eigenvalue weighted by Gasteiger charge is -2.24. The molecular formula is C31H23ClF4N10O3. The number of pyridine rings is 3. The number of aryl methyl sites for hydroxylation is 1. The molecule has 1 amide bonds. The smallest absolute Gasteiger partial charge is 0.433 e. The van der Waals surface area contributed by atoms with Crippen molar-refractivity contribution in [2.45, 2.75) is 12.2 Å². The quantitative estimate of drug-likeness (QED) is 0.132. The molecule has 0 bridgehead atoms. The van der Waals surface area contributed by atoms with Gasteiger partial charge in [0.2, 0.25) is 5.69 Å². The molecule has 0 radical (unpaired) electrons. The second-order valence-corrected chi connectivity index (χ2v) is 11.3. The summed E-state index contributed by atoms with van der Waals surface area (Å²) >= 11 is 6.08. The molecule has 49 heavy (non-hydrogen) atoms. The van der Waals surface area contributed by atoms with Gasteiger partial charge in [-0.1, -0.05) is 11.6 Å². The Morgan fingerprint density at radius 3 is 2.59 bits per heavy atom. The van der Waals surface area contributed by atoms with E-state index in [2.05, 4.69) is 25.6 Å². The van der Waals surface area contributed by atoms with Crippen molar-refractivity contribution in [2.75, 3.05) is 13.6 Å². The van der Waals surface area contributed by atoms with Crippen LogP contribution < -0.4 is 10.3 Å². The Hall–Kier alpha value is -5.97. The number of likely N-dealkylation sites (N-methyl/N-ethyl adjacent to an activating group) is 1. The first-order chi connectivity index (χ1) is 23.3. The molecule has 5 heterocycles. The van der Waals surface area contributed by atoms with Crippen LogP contribution in [0.25, 0.3) is 27.9 Å². The van der Waals surface area contributed by atoms with E-state index in [4.69, 9.17) is 11.6 Å². The van der Waals surface area contributed by atoms with Gasteiger partial charge >= 0.3 is 6.18 Å². The summed E-state index contributed by atoms with van der Waals surface area (Å²) in [4.78, 5) is 30.3. The highest BCUT2D eigenvalue weighted by Crippen LogP contribution is 2.34. The summed E-state index contributed by atoms with van der Waals surface area (Å²) in [6.07, 6.45) is 2.87. The first-order valence-electron chi connectivity index (χ1n) is 14.3. The van der Waals surface area contributed by atoms with E-state index in [0.29, 0.717) is 4.73 Å². The van der Waals surface area contributed by atoms with E-state index in [1.54, 1.807) is 0 Å². The van der Waals surface area contributed by atoms with Gasteiger partial charge in [-0.25, -0.2) is 4.39 Å². The van der Waals surface area contributed by atoms with Gasteiger partial charge in [-0.3, -0.25) is 19.3 Å². The number of nitrogens with zero attached hydrogens (tertiary/aromatic N) is 10. The highest BCUT2D eigenvalue weighted by molar-refractivity contribution is 6.31. The van der Waals surface area contributed by atoms with Crippen molar-refractivity contribution in [3.63, 3.8) is 0 Å². The number of halogens is 5. The number of alkyl halides is 3. The number of amides is 1. The van der Waals surface area contributed by atoms with Gasteiger partial charge in [-0.05, 0) is 52.4 Å². The molecule has 6 rings (SSSR count). The van der Waals surface area contributed by atoms with Crippen LogP contribution in [0, 0.1) is 11.0 Å². The van der Waals surface area contributed by atoms with Gasteiger partial charge in [0.05, 0.1) is 34.6 Å². The molecule has 18 heteroatoms. The third-order valence-electron chi connectivity index (χ3n) is 7.69. The maximum atomic E-state index is 15.5. The monoisotopic (exact) mass is 694 g/mol. The van der Waals surface area contributed by atoms with Crippen molar-refractivity contribution in [3.8, 4) is 27.9 Å². The Morgan fingerprint density at radius 2 is 1.90 bits per heavy atom. The van der Waals surface area contributed by atoms with Gasteiger partial charge in [0.25, 0.3) is 11.5 Å². The van der Waals surface area contributed by atoms with E-state index in [1.807, 2.05) is 0 Å². The molecule has 0 aliphatic rings. The fourth-order valence-electron chi connectivity index (χ4n) is 5.16. The molecule has 250 valence electrons. The summed E-state index contributed by atoms with van der Waals surface area (Å²) < 4.78 is 59.9. The summed E-state index contributed by atoms with van der Waals surface area (Å²) in [5.74, 6) is -1.37. The van der Waals surface area contributed by atoms with Gasteiger partial charge in [0.1, 0.15) is 12.0 Å². The number of carbonyl (C=O) groups excluding carboxylic acids is 1. The van der Waals surface area contributed by atoms with Gasteiger partial charge in [0, 0.05) is 55.9 Å². The minimum absolute atomic E-state index is 0.0409. The first-order valence-corrected chi connectivity index (χ1v) is 14.6. The number of rotatable bonds is 8. The zero-order valence-corrected chi connectivity index (χ0v) is 26.2. The van der Waals surface area contributed by atoms with E-state index in [1.165, 1.54) is 100 Å². The van der Waals surface area contributed by atoms with Gasteiger partial charge < -0.3 is 14.7 Å². The lowest BCUT2D eigenvalue weighted by atomic mass is 10.0. The van der Waals surface area contributed by atoms with Gasteiger partial charge in [-0.15, -0.1) is 5.10 Å². The summed E-state index contributed by atoms with van der Waals surface area (Å²) in [6.45, 7) is -0.178. The maximum Gasteiger partial charge on any atom is 0.433 e. The Kier molecular flexibility index (Phi) is 8.68. The molecular weight excluding hydrogens is 672 g/mol. The van der Waals surface area contributed by atoms with Crippen LogP contribution in [0.2, 0.25) is 5.02 Å². The van der Waals surface area contributed by atoms with Crippen LogP contribution in [0.5, 0.6) is 0 Å². The van der Waals surface area contributed by atoms with E-state index < -0.39 is 35.2 Å². The van der Waals surface area contributed by atoms with Crippen molar-refractivity contribution >= 4 is 17.5 Å². The molecule has 0 unspecified atom stereocenters.